The fraction of sp³-hybridized carbons (Fsp3) is 0.900. The molecule has 4 saturated carbocycles. The van der Waals surface area contributed by atoms with Crippen molar-refractivity contribution in [3.05, 3.63) is 0 Å². The summed E-state index contributed by atoms with van der Waals surface area (Å²) in [7, 11) is 0. The van der Waals surface area contributed by atoms with E-state index in [-0.39, 0.29) is 23.4 Å². The van der Waals surface area contributed by atoms with Gasteiger partial charge in [-0.1, -0.05) is 13.8 Å². The van der Waals surface area contributed by atoms with Crippen molar-refractivity contribution in [2.45, 2.75) is 65.2 Å². The number of fused-ring (bicyclic) bond motifs is 5. The predicted octanol–water partition coefficient (Wildman–Crippen LogP) is 3.39. The minimum Gasteiger partial charge on any atom is -0.396 e. The minimum absolute atomic E-state index is 0.110. The largest absolute Gasteiger partial charge is 0.396 e. The van der Waals surface area contributed by atoms with Gasteiger partial charge >= 0.3 is 0 Å². The van der Waals surface area contributed by atoms with Gasteiger partial charge in [-0.3, -0.25) is 9.59 Å². The van der Waals surface area contributed by atoms with Crippen LogP contribution in [-0.2, 0) is 9.59 Å². The van der Waals surface area contributed by atoms with Crippen molar-refractivity contribution in [1.29, 1.82) is 0 Å². The van der Waals surface area contributed by atoms with Gasteiger partial charge in [0.1, 0.15) is 11.6 Å². The molecule has 4 fully saturated rings. The van der Waals surface area contributed by atoms with Gasteiger partial charge in [0.25, 0.3) is 0 Å². The standard InChI is InChI=1S/C20H30O3/c1-19-5-4-15-14(16(19)8-13(22)10-19)9-18(23)17-7-12(11-21)3-6-20(15,17)2/h12,14-17,21H,3-11H2,1-2H3/t12-,14-,15+,16+,17-,19-,20-/m0/s1. The normalized spacial score (nSPS) is 52.7. The molecule has 0 aromatic carbocycles. The van der Waals surface area contributed by atoms with Crippen LogP contribution >= 0.6 is 0 Å². The molecule has 4 rings (SSSR count). The van der Waals surface area contributed by atoms with E-state index in [4.69, 9.17) is 0 Å². The Hall–Kier alpha value is -0.700. The molecule has 3 heteroatoms. The predicted molar refractivity (Wildman–Crippen MR) is 87.7 cm³/mol. The maximum atomic E-state index is 13.0. The van der Waals surface area contributed by atoms with Crippen molar-refractivity contribution in [3.8, 4) is 0 Å². The molecule has 0 amide bonds. The average Bonchev–Trinajstić information content (AvgIpc) is 2.82. The number of hydrogen-bond acceptors (Lipinski definition) is 3. The Bertz CT molecular complexity index is 541. The zero-order chi connectivity index (χ0) is 16.4. The van der Waals surface area contributed by atoms with E-state index >= 15 is 0 Å². The van der Waals surface area contributed by atoms with Crippen molar-refractivity contribution >= 4 is 11.6 Å². The molecule has 0 radical (unpaired) electrons. The van der Waals surface area contributed by atoms with Gasteiger partial charge in [0.15, 0.2) is 0 Å². The van der Waals surface area contributed by atoms with Crippen molar-refractivity contribution < 1.29 is 14.7 Å². The molecule has 1 N–H and O–H groups in total. The van der Waals surface area contributed by atoms with Crippen LogP contribution in [0.1, 0.15) is 65.2 Å². The molecule has 0 spiro atoms. The quantitative estimate of drug-likeness (QED) is 0.806. The molecular formula is C20H30O3. The third kappa shape index (κ3) is 2.18. The summed E-state index contributed by atoms with van der Waals surface area (Å²) < 4.78 is 0. The number of ketones is 2. The van der Waals surface area contributed by atoms with Gasteiger partial charge < -0.3 is 5.11 Å². The zero-order valence-electron chi connectivity index (χ0n) is 14.5. The Morgan fingerprint density at radius 3 is 2.61 bits per heavy atom. The van der Waals surface area contributed by atoms with Gasteiger partial charge in [-0.2, -0.15) is 0 Å². The molecule has 0 aromatic rings. The lowest BCUT2D eigenvalue weighted by atomic mass is 9.44. The number of aliphatic hydroxyl groups excluding tert-OH is 1. The lowest BCUT2D eigenvalue weighted by molar-refractivity contribution is -0.155. The second kappa shape index (κ2) is 5.15. The summed E-state index contributed by atoms with van der Waals surface area (Å²) in [6, 6.07) is 0. The van der Waals surface area contributed by atoms with Gasteiger partial charge in [-0.15, -0.1) is 0 Å². The van der Waals surface area contributed by atoms with Gasteiger partial charge in [0.2, 0.25) is 0 Å². The van der Waals surface area contributed by atoms with E-state index in [2.05, 4.69) is 13.8 Å². The lowest BCUT2D eigenvalue weighted by Gasteiger charge is -2.59. The van der Waals surface area contributed by atoms with Crippen LogP contribution in [-0.4, -0.2) is 23.3 Å². The Morgan fingerprint density at radius 1 is 1.09 bits per heavy atom. The summed E-state index contributed by atoms with van der Waals surface area (Å²) in [5.74, 6) is 2.78. The first-order valence-electron chi connectivity index (χ1n) is 9.52. The summed E-state index contributed by atoms with van der Waals surface area (Å²) in [4.78, 5) is 25.1. The van der Waals surface area contributed by atoms with Crippen LogP contribution in [0.15, 0.2) is 0 Å². The lowest BCUT2D eigenvalue weighted by Crippen LogP contribution is -2.56. The number of hydrogen-bond donors (Lipinski definition) is 1. The number of carbonyl (C=O) groups excluding carboxylic acids is 2. The molecule has 0 aromatic heterocycles. The molecule has 4 aliphatic carbocycles. The topological polar surface area (TPSA) is 54.4 Å². The molecule has 3 nitrogen and oxygen atoms in total. The Morgan fingerprint density at radius 2 is 1.87 bits per heavy atom. The number of carbonyl (C=O) groups is 2. The second-order valence-electron chi connectivity index (χ2n) is 9.54. The van der Waals surface area contributed by atoms with Gasteiger partial charge in [0, 0.05) is 31.8 Å². The number of Topliss-reactive ketones (excluding diaryl/α,β-unsaturated/α-hetero) is 2. The van der Waals surface area contributed by atoms with E-state index in [1.54, 1.807) is 0 Å². The number of aliphatic hydroxyl groups is 1. The summed E-state index contributed by atoms with van der Waals surface area (Å²) in [5.41, 5.74) is 0.267. The molecule has 4 aliphatic rings. The SMILES string of the molecule is C[C@@]12CC[C@@H]3[C@H](CC(=O)[C@@H]4C[C@@H](CO)CC[C@@]34C)[C@H]1CC(=O)C2. The van der Waals surface area contributed by atoms with Crippen molar-refractivity contribution in [2.24, 2.45) is 40.4 Å². The summed E-state index contributed by atoms with van der Waals surface area (Å²) in [6.07, 6.45) is 7.51. The van der Waals surface area contributed by atoms with Crippen LogP contribution in [0.3, 0.4) is 0 Å². The fourth-order valence-corrected chi connectivity index (χ4v) is 7.06. The van der Waals surface area contributed by atoms with Gasteiger partial charge in [0.05, 0.1) is 0 Å². The van der Waals surface area contributed by atoms with Crippen molar-refractivity contribution in [1.82, 2.24) is 0 Å². The van der Waals surface area contributed by atoms with Crippen LogP contribution in [0.2, 0.25) is 0 Å². The van der Waals surface area contributed by atoms with Crippen molar-refractivity contribution in [2.75, 3.05) is 6.61 Å². The van der Waals surface area contributed by atoms with E-state index < -0.39 is 0 Å². The zero-order valence-corrected chi connectivity index (χ0v) is 14.5. The van der Waals surface area contributed by atoms with Crippen LogP contribution in [0.4, 0.5) is 0 Å². The molecule has 0 saturated heterocycles. The molecule has 0 heterocycles. The molecular weight excluding hydrogens is 288 g/mol. The number of rotatable bonds is 1. The molecule has 7 atom stereocenters. The Labute approximate surface area is 139 Å². The maximum absolute atomic E-state index is 13.0. The third-order valence-corrected chi connectivity index (χ3v) is 8.39. The summed E-state index contributed by atoms with van der Waals surface area (Å²) in [5, 5.41) is 9.52. The second-order valence-corrected chi connectivity index (χ2v) is 9.54. The molecule has 0 unspecified atom stereocenters. The summed E-state index contributed by atoms with van der Waals surface area (Å²) in [6.45, 7) is 4.86. The van der Waals surface area contributed by atoms with Crippen molar-refractivity contribution in [3.63, 3.8) is 0 Å². The smallest absolute Gasteiger partial charge is 0.136 e. The first-order chi connectivity index (χ1) is 10.9. The van der Waals surface area contributed by atoms with E-state index in [0.29, 0.717) is 48.1 Å². The fourth-order valence-electron chi connectivity index (χ4n) is 7.06. The first-order valence-corrected chi connectivity index (χ1v) is 9.52. The van der Waals surface area contributed by atoms with Crippen LogP contribution in [0, 0.1) is 40.4 Å². The van der Waals surface area contributed by atoms with Crippen LogP contribution < -0.4 is 0 Å². The maximum Gasteiger partial charge on any atom is 0.136 e. The molecule has 0 aliphatic heterocycles. The molecule has 23 heavy (non-hydrogen) atoms. The van der Waals surface area contributed by atoms with Gasteiger partial charge in [-0.25, -0.2) is 0 Å². The monoisotopic (exact) mass is 318 g/mol. The van der Waals surface area contributed by atoms with Crippen LogP contribution in [0.25, 0.3) is 0 Å². The van der Waals surface area contributed by atoms with E-state index in [0.717, 1.165) is 32.1 Å². The highest BCUT2D eigenvalue weighted by Gasteiger charge is 2.61. The first kappa shape index (κ1) is 15.8. The Balaban J connectivity index is 1.66. The highest BCUT2D eigenvalue weighted by molar-refractivity contribution is 5.85. The minimum atomic E-state index is 0.110. The highest BCUT2D eigenvalue weighted by atomic mass is 16.3. The summed E-state index contributed by atoms with van der Waals surface area (Å²) >= 11 is 0. The highest BCUT2D eigenvalue weighted by Crippen LogP contribution is 2.65. The van der Waals surface area contributed by atoms with Crippen LogP contribution in [0.5, 0.6) is 0 Å². The molecule has 128 valence electrons. The third-order valence-electron chi connectivity index (χ3n) is 8.39. The Kier molecular flexibility index (Phi) is 3.54. The molecule has 0 bridgehead atoms. The van der Waals surface area contributed by atoms with E-state index in [1.807, 2.05) is 0 Å². The van der Waals surface area contributed by atoms with E-state index in [1.165, 1.54) is 6.42 Å². The average molecular weight is 318 g/mol. The van der Waals surface area contributed by atoms with E-state index in [9.17, 15) is 14.7 Å². The van der Waals surface area contributed by atoms with Gasteiger partial charge in [-0.05, 0) is 66.6 Å².